The molecule has 5 rings (SSSR count). The highest BCUT2D eigenvalue weighted by molar-refractivity contribution is 6.44. The van der Waals surface area contributed by atoms with Gasteiger partial charge in [0.1, 0.15) is 11.7 Å². The van der Waals surface area contributed by atoms with E-state index in [0.717, 1.165) is 36.0 Å². The van der Waals surface area contributed by atoms with Crippen molar-refractivity contribution in [1.29, 1.82) is 0 Å². The summed E-state index contributed by atoms with van der Waals surface area (Å²) in [7, 11) is 1.56. The molecule has 0 radical (unpaired) electrons. The highest BCUT2D eigenvalue weighted by Gasteiger charge is 2.51. The monoisotopic (exact) mass is 486 g/mol. The molecule has 0 aromatic heterocycles. The number of morpholine rings is 1. The first kappa shape index (κ1) is 24.2. The zero-order valence-electron chi connectivity index (χ0n) is 20.4. The first-order valence-electron chi connectivity index (χ1n) is 12.4. The number of ether oxygens (including phenoxy) is 2. The quantitative estimate of drug-likeness (QED) is 0.276. The molecule has 0 bridgehead atoms. The minimum atomic E-state index is -1.10. The smallest absolute Gasteiger partial charge is 0.291 e. The fourth-order valence-electron chi connectivity index (χ4n) is 5.31. The first-order chi connectivity index (χ1) is 17.6. The van der Waals surface area contributed by atoms with Crippen molar-refractivity contribution in [3.63, 3.8) is 0 Å². The number of hydrogen-bond donors (Lipinski definition) is 0. The molecule has 7 nitrogen and oxygen atoms in total. The van der Waals surface area contributed by atoms with E-state index in [2.05, 4.69) is 4.90 Å². The minimum absolute atomic E-state index is 0.343. The molecule has 2 atom stereocenters. The van der Waals surface area contributed by atoms with Crippen LogP contribution in [-0.4, -0.2) is 73.8 Å². The SMILES string of the molecule is COc1ccc(C(=O)C2C(=O)C(=O)N(CCCN3CCOCC3)C2c2cccc3ccccc23)cc1. The summed E-state index contributed by atoms with van der Waals surface area (Å²) in [5, 5.41) is 1.95. The van der Waals surface area contributed by atoms with Gasteiger partial charge in [-0.15, -0.1) is 0 Å². The Kier molecular flexibility index (Phi) is 7.11. The number of likely N-dealkylation sites (tertiary alicyclic amines) is 1. The Bertz CT molecular complexity index is 1260. The van der Waals surface area contributed by atoms with Crippen molar-refractivity contribution in [1.82, 2.24) is 9.80 Å². The molecule has 3 aromatic carbocycles. The van der Waals surface area contributed by atoms with Crippen molar-refractivity contribution in [2.24, 2.45) is 5.92 Å². The summed E-state index contributed by atoms with van der Waals surface area (Å²) < 4.78 is 10.6. The van der Waals surface area contributed by atoms with Gasteiger partial charge in [-0.3, -0.25) is 19.3 Å². The van der Waals surface area contributed by atoms with Crippen LogP contribution in [0.4, 0.5) is 0 Å². The van der Waals surface area contributed by atoms with Crippen molar-refractivity contribution in [3.8, 4) is 5.75 Å². The zero-order chi connectivity index (χ0) is 25.1. The van der Waals surface area contributed by atoms with E-state index in [-0.39, 0.29) is 5.78 Å². The number of ketones is 2. The second kappa shape index (κ2) is 10.6. The summed E-state index contributed by atoms with van der Waals surface area (Å²) in [6.07, 6.45) is 0.712. The maximum absolute atomic E-state index is 13.7. The molecule has 186 valence electrons. The van der Waals surface area contributed by atoms with Gasteiger partial charge in [-0.05, 0) is 47.0 Å². The van der Waals surface area contributed by atoms with Crippen LogP contribution in [0.15, 0.2) is 66.7 Å². The molecule has 36 heavy (non-hydrogen) atoms. The van der Waals surface area contributed by atoms with Crippen LogP contribution < -0.4 is 4.74 Å². The van der Waals surface area contributed by atoms with Gasteiger partial charge in [0.05, 0.1) is 26.4 Å². The minimum Gasteiger partial charge on any atom is -0.497 e. The van der Waals surface area contributed by atoms with Crippen LogP contribution in [0.25, 0.3) is 10.8 Å². The van der Waals surface area contributed by atoms with Crippen LogP contribution in [-0.2, 0) is 14.3 Å². The predicted molar refractivity (Wildman–Crippen MR) is 136 cm³/mol. The van der Waals surface area contributed by atoms with Gasteiger partial charge in [-0.25, -0.2) is 0 Å². The topological polar surface area (TPSA) is 76.2 Å². The van der Waals surface area contributed by atoms with Gasteiger partial charge in [0.25, 0.3) is 5.91 Å². The van der Waals surface area contributed by atoms with E-state index in [4.69, 9.17) is 9.47 Å². The molecule has 0 N–H and O–H groups in total. The Morgan fingerprint density at radius 2 is 1.67 bits per heavy atom. The van der Waals surface area contributed by atoms with E-state index in [1.807, 2.05) is 42.5 Å². The number of carbonyl (C=O) groups excluding carboxylic acids is 3. The van der Waals surface area contributed by atoms with E-state index in [9.17, 15) is 14.4 Å². The lowest BCUT2D eigenvalue weighted by Crippen LogP contribution is -2.39. The Labute approximate surface area is 210 Å². The van der Waals surface area contributed by atoms with Crippen molar-refractivity contribution in [2.45, 2.75) is 12.5 Å². The van der Waals surface area contributed by atoms with Gasteiger partial charge in [0.15, 0.2) is 5.78 Å². The summed E-state index contributed by atoms with van der Waals surface area (Å²) in [5.74, 6) is -2.04. The Balaban J connectivity index is 1.50. The number of fused-ring (bicyclic) bond motifs is 1. The summed E-state index contributed by atoms with van der Waals surface area (Å²) in [4.78, 5) is 44.4. The van der Waals surface area contributed by atoms with Crippen LogP contribution in [0.3, 0.4) is 0 Å². The molecule has 0 aliphatic carbocycles. The Morgan fingerprint density at radius 1 is 0.944 bits per heavy atom. The predicted octanol–water partition coefficient (Wildman–Crippen LogP) is 3.52. The molecule has 3 aromatic rings. The Hall–Kier alpha value is -3.55. The third-order valence-electron chi connectivity index (χ3n) is 7.18. The average molecular weight is 487 g/mol. The number of hydrogen-bond acceptors (Lipinski definition) is 6. The van der Waals surface area contributed by atoms with Gasteiger partial charge in [-0.1, -0.05) is 42.5 Å². The fraction of sp³-hybridized carbons (Fsp3) is 0.345. The maximum Gasteiger partial charge on any atom is 0.291 e. The lowest BCUT2D eigenvalue weighted by molar-refractivity contribution is -0.140. The van der Waals surface area contributed by atoms with Crippen LogP contribution in [0.1, 0.15) is 28.4 Å². The van der Waals surface area contributed by atoms with E-state index in [0.29, 0.717) is 37.5 Å². The molecule has 2 saturated heterocycles. The second-order valence-corrected chi connectivity index (χ2v) is 9.25. The zero-order valence-corrected chi connectivity index (χ0v) is 20.4. The summed E-state index contributed by atoms with van der Waals surface area (Å²) in [6.45, 7) is 4.34. The van der Waals surface area contributed by atoms with Crippen molar-refractivity contribution < 1.29 is 23.9 Å². The molecular weight excluding hydrogens is 456 g/mol. The molecule has 0 saturated carbocycles. The van der Waals surface area contributed by atoms with E-state index in [1.54, 1.807) is 36.3 Å². The molecule has 2 aliphatic heterocycles. The van der Waals surface area contributed by atoms with Gasteiger partial charge in [0.2, 0.25) is 5.78 Å². The highest BCUT2D eigenvalue weighted by atomic mass is 16.5. The van der Waals surface area contributed by atoms with Gasteiger partial charge in [0, 0.05) is 31.7 Å². The van der Waals surface area contributed by atoms with Crippen molar-refractivity contribution in [3.05, 3.63) is 77.9 Å². The van der Waals surface area contributed by atoms with Gasteiger partial charge in [-0.2, -0.15) is 0 Å². The van der Waals surface area contributed by atoms with E-state index >= 15 is 0 Å². The van der Waals surface area contributed by atoms with Crippen LogP contribution >= 0.6 is 0 Å². The molecule has 0 spiro atoms. The fourth-order valence-corrected chi connectivity index (χ4v) is 5.31. The van der Waals surface area contributed by atoms with Crippen LogP contribution in [0.2, 0.25) is 0 Å². The van der Waals surface area contributed by atoms with E-state index < -0.39 is 23.7 Å². The summed E-state index contributed by atoms with van der Waals surface area (Å²) in [6, 6.07) is 19.8. The van der Waals surface area contributed by atoms with Crippen molar-refractivity contribution >= 4 is 28.2 Å². The maximum atomic E-state index is 13.7. The third-order valence-corrected chi connectivity index (χ3v) is 7.18. The lowest BCUT2D eigenvalue weighted by Gasteiger charge is -2.30. The second-order valence-electron chi connectivity index (χ2n) is 9.25. The molecule has 2 heterocycles. The molecule has 2 unspecified atom stereocenters. The number of carbonyl (C=O) groups is 3. The first-order valence-corrected chi connectivity index (χ1v) is 12.4. The molecular formula is C29H30N2O5. The number of nitrogens with zero attached hydrogens (tertiary/aromatic N) is 2. The van der Waals surface area contributed by atoms with Gasteiger partial charge >= 0.3 is 0 Å². The highest BCUT2D eigenvalue weighted by Crippen LogP contribution is 2.41. The molecule has 1 amide bonds. The van der Waals surface area contributed by atoms with Gasteiger partial charge < -0.3 is 14.4 Å². The standard InChI is InChI=1S/C29H30N2O5/c1-35-22-12-10-21(11-13-22)27(32)25-26(24-9-4-7-20-6-2-3-8-23(20)24)31(29(34)28(25)33)15-5-14-30-16-18-36-19-17-30/h2-4,6-13,25-26H,5,14-19H2,1H3. The third kappa shape index (κ3) is 4.64. The normalized spacial score (nSPS) is 20.8. The summed E-state index contributed by atoms with van der Waals surface area (Å²) in [5.41, 5.74) is 1.22. The number of methoxy groups -OCH3 is 1. The van der Waals surface area contributed by atoms with Crippen LogP contribution in [0.5, 0.6) is 5.75 Å². The van der Waals surface area contributed by atoms with Crippen LogP contribution in [0, 0.1) is 5.92 Å². The molecule has 2 fully saturated rings. The lowest BCUT2D eigenvalue weighted by atomic mass is 9.84. The van der Waals surface area contributed by atoms with E-state index in [1.165, 1.54) is 0 Å². The Morgan fingerprint density at radius 3 is 2.42 bits per heavy atom. The number of rotatable bonds is 8. The molecule has 2 aliphatic rings. The number of benzene rings is 3. The summed E-state index contributed by atoms with van der Waals surface area (Å²) >= 11 is 0. The number of amides is 1. The average Bonchev–Trinajstić information content (AvgIpc) is 3.18. The molecule has 7 heteroatoms. The van der Waals surface area contributed by atoms with Crippen molar-refractivity contribution in [2.75, 3.05) is 46.5 Å². The number of Topliss-reactive ketones (excluding diaryl/α,β-unsaturated/α-hetero) is 2. The largest absolute Gasteiger partial charge is 0.497 e.